The zero-order chi connectivity index (χ0) is 15.4. The van der Waals surface area contributed by atoms with E-state index in [-0.39, 0.29) is 12.1 Å². The van der Waals surface area contributed by atoms with Gasteiger partial charge in [0.05, 0.1) is 12.3 Å². The minimum atomic E-state index is -0.834. The molecule has 0 radical (unpaired) electrons. The number of hydrogen-bond acceptors (Lipinski definition) is 4. The topological polar surface area (TPSA) is 86.0 Å². The van der Waals surface area contributed by atoms with Gasteiger partial charge in [-0.25, -0.2) is 4.79 Å². The smallest absolute Gasteiger partial charge is 0.320 e. The number of aliphatic carboxylic acids is 1. The number of furan rings is 1. The van der Waals surface area contributed by atoms with Gasteiger partial charge in [-0.05, 0) is 26.0 Å². The third kappa shape index (κ3) is 3.75. The van der Waals surface area contributed by atoms with E-state index < -0.39 is 12.0 Å². The summed E-state index contributed by atoms with van der Waals surface area (Å²) in [5, 5.41) is 11.9. The lowest BCUT2D eigenvalue weighted by Crippen LogP contribution is -2.55. The molecule has 1 aromatic heterocycles. The van der Waals surface area contributed by atoms with Crippen molar-refractivity contribution in [2.75, 3.05) is 26.2 Å². The van der Waals surface area contributed by atoms with Gasteiger partial charge in [-0.1, -0.05) is 0 Å². The van der Waals surface area contributed by atoms with Crippen molar-refractivity contribution >= 4 is 12.0 Å². The molecule has 2 atom stereocenters. The van der Waals surface area contributed by atoms with Gasteiger partial charge in [0, 0.05) is 26.2 Å². The Labute approximate surface area is 123 Å². The SMILES string of the molecule is CC(NC(=O)N1CCN(C(C)C(=O)O)CC1)c1ccco1. The van der Waals surface area contributed by atoms with Crippen LogP contribution in [0.1, 0.15) is 25.6 Å². The van der Waals surface area contributed by atoms with E-state index >= 15 is 0 Å². The summed E-state index contributed by atoms with van der Waals surface area (Å²) in [7, 11) is 0. The van der Waals surface area contributed by atoms with Crippen LogP contribution in [0.5, 0.6) is 0 Å². The standard InChI is InChI=1S/C14H21N3O4/c1-10(12-4-3-9-21-12)15-14(20)17-7-5-16(6-8-17)11(2)13(18)19/h3-4,9-11H,5-8H2,1-2H3,(H,15,20)(H,18,19). The third-order valence-electron chi connectivity index (χ3n) is 3.82. The summed E-state index contributed by atoms with van der Waals surface area (Å²) in [6.07, 6.45) is 1.57. The highest BCUT2D eigenvalue weighted by atomic mass is 16.4. The maximum atomic E-state index is 12.2. The van der Waals surface area contributed by atoms with Crippen LogP contribution in [0.2, 0.25) is 0 Å². The minimum Gasteiger partial charge on any atom is -0.480 e. The first-order valence-corrected chi connectivity index (χ1v) is 7.04. The second kappa shape index (κ2) is 6.62. The Morgan fingerprint density at radius 2 is 1.95 bits per heavy atom. The van der Waals surface area contributed by atoms with Crippen LogP contribution in [0.3, 0.4) is 0 Å². The van der Waals surface area contributed by atoms with Gasteiger partial charge in [0.2, 0.25) is 0 Å². The fourth-order valence-electron chi connectivity index (χ4n) is 2.35. The molecule has 1 aliphatic heterocycles. The monoisotopic (exact) mass is 295 g/mol. The molecule has 2 heterocycles. The molecule has 21 heavy (non-hydrogen) atoms. The van der Waals surface area contributed by atoms with E-state index in [9.17, 15) is 9.59 Å². The molecule has 116 valence electrons. The first kappa shape index (κ1) is 15.4. The van der Waals surface area contributed by atoms with E-state index in [2.05, 4.69) is 5.32 Å². The zero-order valence-corrected chi connectivity index (χ0v) is 12.3. The van der Waals surface area contributed by atoms with E-state index in [0.29, 0.717) is 31.9 Å². The number of piperazine rings is 1. The van der Waals surface area contributed by atoms with Crippen LogP contribution in [0.25, 0.3) is 0 Å². The molecule has 1 aromatic rings. The lowest BCUT2D eigenvalue weighted by Gasteiger charge is -2.36. The predicted molar refractivity (Wildman–Crippen MR) is 75.9 cm³/mol. The molecule has 2 amide bonds. The Morgan fingerprint density at radius 1 is 1.29 bits per heavy atom. The summed E-state index contributed by atoms with van der Waals surface area (Å²) in [5.74, 6) is -0.124. The van der Waals surface area contributed by atoms with Crippen molar-refractivity contribution in [3.63, 3.8) is 0 Å². The van der Waals surface area contributed by atoms with Crippen molar-refractivity contribution < 1.29 is 19.1 Å². The summed E-state index contributed by atoms with van der Waals surface area (Å²) in [5.41, 5.74) is 0. The average molecular weight is 295 g/mol. The fourth-order valence-corrected chi connectivity index (χ4v) is 2.35. The predicted octanol–water partition coefficient (Wildman–Crippen LogP) is 1.14. The van der Waals surface area contributed by atoms with E-state index in [1.807, 2.05) is 17.9 Å². The Bertz CT molecular complexity index is 480. The molecular weight excluding hydrogens is 274 g/mol. The highest BCUT2D eigenvalue weighted by Crippen LogP contribution is 2.13. The maximum absolute atomic E-state index is 12.2. The van der Waals surface area contributed by atoms with Crippen molar-refractivity contribution in [1.82, 2.24) is 15.1 Å². The normalized spacial score (nSPS) is 19.0. The second-order valence-corrected chi connectivity index (χ2v) is 5.22. The number of carbonyl (C=O) groups excluding carboxylic acids is 1. The average Bonchev–Trinajstić information content (AvgIpc) is 3.00. The Hall–Kier alpha value is -2.02. The number of carboxylic acids is 1. The van der Waals surface area contributed by atoms with Crippen LogP contribution in [-0.4, -0.2) is 59.1 Å². The Kier molecular flexibility index (Phi) is 4.85. The van der Waals surface area contributed by atoms with Gasteiger partial charge in [-0.15, -0.1) is 0 Å². The molecule has 7 nitrogen and oxygen atoms in total. The van der Waals surface area contributed by atoms with Crippen LogP contribution >= 0.6 is 0 Å². The first-order valence-electron chi connectivity index (χ1n) is 7.04. The van der Waals surface area contributed by atoms with E-state index in [4.69, 9.17) is 9.52 Å². The summed E-state index contributed by atoms with van der Waals surface area (Å²) >= 11 is 0. The molecule has 1 saturated heterocycles. The summed E-state index contributed by atoms with van der Waals surface area (Å²) in [4.78, 5) is 26.7. The quantitative estimate of drug-likeness (QED) is 0.870. The highest BCUT2D eigenvalue weighted by Gasteiger charge is 2.27. The zero-order valence-electron chi connectivity index (χ0n) is 12.3. The first-order chi connectivity index (χ1) is 9.99. The lowest BCUT2D eigenvalue weighted by molar-refractivity contribution is -0.143. The second-order valence-electron chi connectivity index (χ2n) is 5.22. The molecule has 1 fully saturated rings. The van der Waals surface area contributed by atoms with Crippen molar-refractivity contribution in [2.24, 2.45) is 0 Å². The fraction of sp³-hybridized carbons (Fsp3) is 0.571. The van der Waals surface area contributed by atoms with Crippen LogP contribution in [0, 0.1) is 0 Å². The number of urea groups is 1. The van der Waals surface area contributed by atoms with E-state index in [1.54, 1.807) is 24.2 Å². The molecule has 0 bridgehead atoms. The Morgan fingerprint density at radius 3 is 2.48 bits per heavy atom. The molecule has 2 N–H and O–H groups in total. The van der Waals surface area contributed by atoms with Gasteiger partial charge in [0.25, 0.3) is 0 Å². The largest absolute Gasteiger partial charge is 0.480 e. The molecule has 0 aliphatic carbocycles. The number of carbonyl (C=O) groups is 2. The van der Waals surface area contributed by atoms with Gasteiger partial charge >= 0.3 is 12.0 Å². The van der Waals surface area contributed by atoms with Crippen molar-refractivity contribution in [3.05, 3.63) is 24.2 Å². The minimum absolute atomic E-state index is 0.151. The molecule has 0 aromatic carbocycles. The van der Waals surface area contributed by atoms with E-state index in [0.717, 1.165) is 0 Å². The maximum Gasteiger partial charge on any atom is 0.320 e. The Balaban J connectivity index is 1.82. The summed E-state index contributed by atoms with van der Waals surface area (Å²) < 4.78 is 5.25. The molecule has 0 spiro atoms. The third-order valence-corrected chi connectivity index (χ3v) is 3.82. The van der Waals surface area contributed by atoms with E-state index in [1.165, 1.54) is 0 Å². The van der Waals surface area contributed by atoms with Gasteiger partial charge in [-0.3, -0.25) is 9.69 Å². The number of amides is 2. The number of hydrogen-bond donors (Lipinski definition) is 2. The van der Waals surface area contributed by atoms with Crippen molar-refractivity contribution in [1.29, 1.82) is 0 Å². The molecule has 0 saturated carbocycles. The van der Waals surface area contributed by atoms with Crippen LogP contribution in [0.15, 0.2) is 22.8 Å². The highest BCUT2D eigenvalue weighted by molar-refractivity contribution is 5.75. The molecule has 2 unspecified atom stereocenters. The lowest BCUT2D eigenvalue weighted by atomic mass is 10.2. The number of carboxylic acid groups (broad SMARTS) is 1. The molecule has 1 aliphatic rings. The molecule has 2 rings (SSSR count). The molecular formula is C14H21N3O4. The summed E-state index contributed by atoms with van der Waals surface area (Å²) in [6, 6.07) is 2.74. The van der Waals surface area contributed by atoms with Gasteiger partial charge in [-0.2, -0.15) is 0 Å². The molecule has 7 heteroatoms. The van der Waals surface area contributed by atoms with Crippen LogP contribution in [0.4, 0.5) is 4.79 Å². The van der Waals surface area contributed by atoms with Gasteiger partial charge in [0.1, 0.15) is 11.8 Å². The van der Waals surface area contributed by atoms with Crippen molar-refractivity contribution in [3.8, 4) is 0 Å². The van der Waals surface area contributed by atoms with Gasteiger partial charge in [0.15, 0.2) is 0 Å². The number of rotatable bonds is 4. The van der Waals surface area contributed by atoms with Gasteiger partial charge < -0.3 is 19.7 Å². The number of nitrogens with zero attached hydrogens (tertiary/aromatic N) is 2. The summed E-state index contributed by atoms with van der Waals surface area (Å²) in [6.45, 7) is 5.70. The van der Waals surface area contributed by atoms with Crippen LogP contribution < -0.4 is 5.32 Å². The number of nitrogens with one attached hydrogen (secondary N) is 1. The van der Waals surface area contributed by atoms with Crippen molar-refractivity contribution in [2.45, 2.75) is 25.9 Å². The van der Waals surface area contributed by atoms with Crippen LogP contribution in [-0.2, 0) is 4.79 Å².